The molecule has 1 amide bonds. The molecule has 0 aliphatic heterocycles. The Morgan fingerprint density at radius 2 is 2.19 bits per heavy atom. The number of amides is 1. The highest BCUT2D eigenvalue weighted by atomic mass is 35.5. The summed E-state index contributed by atoms with van der Waals surface area (Å²) in [4.78, 5) is 12.4. The molecule has 1 heterocycles. The van der Waals surface area contributed by atoms with Gasteiger partial charge in [0, 0.05) is 12.6 Å². The van der Waals surface area contributed by atoms with Crippen molar-refractivity contribution in [2.24, 2.45) is 11.7 Å². The first-order chi connectivity index (χ1) is 9.79. The number of carbonyl (C=O) groups is 1. The van der Waals surface area contributed by atoms with Gasteiger partial charge in [0.25, 0.3) is 5.91 Å². The topological polar surface area (TPSA) is 98.7 Å². The molecular weight excluding hydrogens is 292 g/mol. The third-order valence-electron chi connectivity index (χ3n) is 3.51. The minimum absolute atomic E-state index is 0. The second kappa shape index (κ2) is 6.64. The van der Waals surface area contributed by atoms with E-state index in [1.807, 2.05) is 12.1 Å². The predicted octanol–water partition coefficient (Wildman–Crippen LogP) is 0.551. The van der Waals surface area contributed by atoms with E-state index < -0.39 is 0 Å². The number of hydrogen-bond donors (Lipinski definition) is 2. The number of nitrogens with two attached hydrogens (primary N) is 1. The fourth-order valence-corrected chi connectivity index (χ4v) is 2.25. The van der Waals surface area contributed by atoms with Gasteiger partial charge in [0.2, 0.25) is 0 Å². The lowest BCUT2D eigenvalue weighted by Gasteiger charge is -2.17. The number of rotatable bonds is 5. The van der Waals surface area contributed by atoms with Crippen molar-refractivity contribution in [3.05, 3.63) is 36.2 Å². The summed E-state index contributed by atoms with van der Waals surface area (Å²) in [6.45, 7) is 0.462. The second-order valence-electron chi connectivity index (χ2n) is 4.92. The van der Waals surface area contributed by atoms with E-state index >= 15 is 0 Å². The van der Waals surface area contributed by atoms with Crippen molar-refractivity contribution in [3.63, 3.8) is 0 Å². The van der Waals surface area contributed by atoms with Crippen LogP contribution >= 0.6 is 12.4 Å². The van der Waals surface area contributed by atoms with Gasteiger partial charge in [0.05, 0.1) is 11.3 Å². The Balaban J connectivity index is 0.00000161. The SMILES string of the molecule is Cl.NCC(NC(=O)c1ccccc1-n1cnnn1)C1CC1. The molecule has 3 N–H and O–H groups in total. The van der Waals surface area contributed by atoms with Crippen molar-refractivity contribution in [2.75, 3.05) is 6.54 Å². The van der Waals surface area contributed by atoms with Gasteiger partial charge in [-0.15, -0.1) is 17.5 Å². The van der Waals surface area contributed by atoms with Crippen LogP contribution in [0.5, 0.6) is 0 Å². The third kappa shape index (κ3) is 3.37. The van der Waals surface area contributed by atoms with E-state index in [-0.39, 0.29) is 24.4 Å². The van der Waals surface area contributed by atoms with Crippen LogP contribution in [0.2, 0.25) is 0 Å². The van der Waals surface area contributed by atoms with E-state index in [9.17, 15) is 4.79 Å². The highest BCUT2D eigenvalue weighted by Crippen LogP contribution is 2.32. The lowest BCUT2D eigenvalue weighted by molar-refractivity contribution is 0.0933. The van der Waals surface area contributed by atoms with Gasteiger partial charge in [-0.3, -0.25) is 4.79 Å². The first-order valence-electron chi connectivity index (χ1n) is 6.63. The largest absolute Gasteiger partial charge is 0.348 e. The van der Waals surface area contributed by atoms with Gasteiger partial charge in [-0.05, 0) is 41.3 Å². The monoisotopic (exact) mass is 308 g/mol. The van der Waals surface area contributed by atoms with Gasteiger partial charge in [0.1, 0.15) is 6.33 Å². The summed E-state index contributed by atoms with van der Waals surface area (Å²) in [5.74, 6) is 0.377. The fraction of sp³-hybridized carbons (Fsp3) is 0.385. The molecule has 1 aliphatic rings. The molecule has 1 unspecified atom stereocenters. The number of tetrazole rings is 1. The Hall–Kier alpha value is -1.99. The Kier molecular flexibility index (Phi) is 4.87. The summed E-state index contributed by atoms with van der Waals surface area (Å²) in [6.07, 6.45) is 3.74. The zero-order valence-corrected chi connectivity index (χ0v) is 12.2. The molecule has 2 aromatic rings. The van der Waals surface area contributed by atoms with Gasteiger partial charge in [-0.25, -0.2) is 0 Å². The summed E-state index contributed by atoms with van der Waals surface area (Å²) in [6, 6.07) is 7.27. The zero-order chi connectivity index (χ0) is 13.9. The van der Waals surface area contributed by atoms with Gasteiger partial charge in [-0.1, -0.05) is 12.1 Å². The number of benzene rings is 1. The minimum Gasteiger partial charge on any atom is -0.348 e. The van der Waals surface area contributed by atoms with E-state index in [2.05, 4.69) is 20.8 Å². The molecule has 0 radical (unpaired) electrons. The first-order valence-corrected chi connectivity index (χ1v) is 6.63. The van der Waals surface area contributed by atoms with Gasteiger partial charge in [0.15, 0.2) is 0 Å². The second-order valence-corrected chi connectivity index (χ2v) is 4.92. The molecule has 1 aromatic carbocycles. The summed E-state index contributed by atoms with van der Waals surface area (Å²) in [7, 11) is 0. The van der Waals surface area contributed by atoms with Crippen molar-refractivity contribution in [3.8, 4) is 5.69 Å². The molecule has 0 spiro atoms. The van der Waals surface area contributed by atoms with Gasteiger partial charge >= 0.3 is 0 Å². The van der Waals surface area contributed by atoms with E-state index in [0.29, 0.717) is 23.7 Å². The molecule has 1 fully saturated rings. The van der Waals surface area contributed by atoms with Crippen LogP contribution < -0.4 is 11.1 Å². The van der Waals surface area contributed by atoms with E-state index in [1.165, 1.54) is 11.0 Å². The molecule has 0 bridgehead atoms. The number of nitrogens with zero attached hydrogens (tertiary/aromatic N) is 4. The highest BCUT2D eigenvalue weighted by molar-refractivity contribution is 5.97. The normalized spacial score (nSPS) is 15.1. The standard InChI is InChI=1S/C13H16N6O.ClH/c14-7-11(9-5-6-9)16-13(20)10-3-1-2-4-12(10)19-8-15-17-18-19;/h1-4,8-9,11H,5-7,14H2,(H,16,20);1H. The van der Waals surface area contributed by atoms with Crippen molar-refractivity contribution in [1.29, 1.82) is 0 Å². The minimum atomic E-state index is -0.140. The number of nitrogens with one attached hydrogen (secondary N) is 1. The molecule has 0 saturated heterocycles. The lowest BCUT2D eigenvalue weighted by atomic mass is 10.1. The van der Waals surface area contributed by atoms with Crippen LogP contribution in [0.3, 0.4) is 0 Å². The molecule has 112 valence electrons. The smallest absolute Gasteiger partial charge is 0.253 e. The van der Waals surface area contributed by atoms with Crippen LogP contribution in [-0.2, 0) is 0 Å². The maximum Gasteiger partial charge on any atom is 0.253 e. The molecule has 7 nitrogen and oxygen atoms in total. The lowest BCUT2D eigenvalue weighted by Crippen LogP contribution is -2.42. The first kappa shape index (κ1) is 15.4. The van der Waals surface area contributed by atoms with Crippen molar-refractivity contribution >= 4 is 18.3 Å². The van der Waals surface area contributed by atoms with E-state index in [0.717, 1.165) is 12.8 Å². The van der Waals surface area contributed by atoms with E-state index in [4.69, 9.17) is 5.73 Å². The number of halogens is 1. The fourth-order valence-electron chi connectivity index (χ4n) is 2.25. The number of para-hydroxylation sites is 1. The van der Waals surface area contributed by atoms with Crippen molar-refractivity contribution in [1.82, 2.24) is 25.5 Å². The molecule has 8 heteroatoms. The van der Waals surface area contributed by atoms with Crippen LogP contribution in [-0.4, -0.2) is 38.7 Å². The average molecular weight is 309 g/mol. The Bertz CT molecular complexity index is 598. The van der Waals surface area contributed by atoms with Crippen molar-refractivity contribution in [2.45, 2.75) is 18.9 Å². The Morgan fingerprint density at radius 1 is 1.43 bits per heavy atom. The quantitative estimate of drug-likeness (QED) is 0.840. The van der Waals surface area contributed by atoms with Crippen LogP contribution in [0.15, 0.2) is 30.6 Å². The molecule has 3 rings (SSSR count). The van der Waals surface area contributed by atoms with Crippen LogP contribution in [0.1, 0.15) is 23.2 Å². The average Bonchev–Trinajstić information content (AvgIpc) is 3.18. The van der Waals surface area contributed by atoms with E-state index in [1.54, 1.807) is 12.1 Å². The number of aromatic nitrogens is 4. The number of hydrogen-bond acceptors (Lipinski definition) is 5. The molecular formula is C13H17ClN6O. The molecule has 21 heavy (non-hydrogen) atoms. The Labute approximate surface area is 128 Å². The van der Waals surface area contributed by atoms with Crippen LogP contribution in [0, 0.1) is 5.92 Å². The summed E-state index contributed by atoms with van der Waals surface area (Å²) in [5.41, 5.74) is 6.92. The molecule has 1 atom stereocenters. The molecule has 1 aromatic heterocycles. The number of carbonyl (C=O) groups excluding carboxylic acids is 1. The third-order valence-corrected chi connectivity index (χ3v) is 3.51. The summed E-state index contributed by atoms with van der Waals surface area (Å²) < 4.78 is 1.48. The van der Waals surface area contributed by atoms with Gasteiger partial charge < -0.3 is 11.1 Å². The van der Waals surface area contributed by atoms with Crippen LogP contribution in [0.4, 0.5) is 0 Å². The summed E-state index contributed by atoms with van der Waals surface area (Å²) >= 11 is 0. The maximum atomic E-state index is 12.4. The molecule has 1 saturated carbocycles. The predicted molar refractivity (Wildman–Crippen MR) is 79.4 cm³/mol. The maximum absolute atomic E-state index is 12.4. The zero-order valence-electron chi connectivity index (χ0n) is 11.3. The molecule has 1 aliphatic carbocycles. The van der Waals surface area contributed by atoms with Gasteiger partial charge in [-0.2, -0.15) is 4.68 Å². The highest BCUT2D eigenvalue weighted by Gasteiger charge is 2.31. The van der Waals surface area contributed by atoms with Crippen LogP contribution in [0.25, 0.3) is 5.69 Å². The summed E-state index contributed by atoms with van der Waals surface area (Å²) in [5, 5.41) is 14.0. The Morgan fingerprint density at radius 3 is 2.81 bits per heavy atom. The van der Waals surface area contributed by atoms with Crippen molar-refractivity contribution < 1.29 is 4.79 Å².